The Hall–Kier alpha value is -3.31. The SMILES string of the molecule is C.C#C/C(=C\c1cc(C)n(-c2cccc(C)c2)c1C)C(=O)Cc1ccccc1.CC.CC.CC. The van der Waals surface area contributed by atoms with E-state index in [2.05, 4.69) is 61.6 Å². The largest absolute Gasteiger partial charge is 0.318 e. The van der Waals surface area contributed by atoms with Gasteiger partial charge in [0.1, 0.15) is 0 Å². The van der Waals surface area contributed by atoms with Gasteiger partial charge in [0.25, 0.3) is 0 Å². The molecule has 0 saturated heterocycles. The van der Waals surface area contributed by atoms with Crippen LogP contribution in [0.5, 0.6) is 0 Å². The van der Waals surface area contributed by atoms with E-state index in [9.17, 15) is 4.79 Å². The van der Waals surface area contributed by atoms with Crippen LogP contribution in [-0.4, -0.2) is 10.4 Å². The lowest BCUT2D eigenvalue weighted by atomic mass is 10.0. The molecule has 0 radical (unpaired) electrons. The molecule has 34 heavy (non-hydrogen) atoms. The molecule has 0 spiro atoms. The van der Waals surface area contributed by atoms with Gasteiger partial charge in [0, 0.05) is 23.5 Å². The normalized spacial score (nSPS) is 9.47. The van der Waals surface area contributed by atoms with E-state index in [1.54, 1.807) is 0 Å². The highest BCUT2D eigenvalue weighted by atomic mass is 16.1. The number of Topliss-reactive ketones (excluding diaryl/α,β-unsaturated/α-hetero) is 1. The van der Waals surface area contributed by atoms with Crippen LogP contribution < -0.4 is 0 Å². The molecule has 2 nitrogen and oxygen atoms in total. The Morgan fingerprint density at radius 2 is 1.47 bits per heavy atom. The smallest absolute Gasteiger partial charge is 0.175 e. The van der Waals surface area contributed by atoms with E-state index in [1.165, 1.54) is 5.56 Å². The fourth-order valence-corrected chi connectivity index (χ4v) is 3.33. The van der Waals surface area contributed by atoms with Crippen molar-refractivity contribution < 1.29 is 4.79 Å². The minimum atomic E-state index is -0.0379. The van der Waals surface area contributed by atoms with Gasteiger partial charge < -0.3 is 4.57 Å². The van der Waals surface area contributed by atoms with Gasteiger partial charge in [-0.05, 0) is 61.7 Å². The third-order valence-electron chi connectivity index (χ3n) is 4.69. The van der Waals surface area contributed by atoms with Gasteiger partial charge in [-0.3, -0.25) is 4.79 Å². The average molecular weight is 460 g/mol. The first-order valence-electron chi connectivity index (χ1n) is 12.0. The predicted molar refractivity (Wildman–Crippen MR) is 153 cm³/mol. The number of aromatic nitrogens is 1. The number of hydrogen-bond donors (Lipinski definition) is 0. The molecule has 0 bridgehead atoms. The standard InChI is InChI=1S/C25H23NO.3C2H6.CH4/c1-5-22(25(27)16-21-11-7-6-8-12-21)17-23-15-19(3)26(20(23)4)24-13-9-10-18(2)14-24;3*1-2;/h1,6-15,17H,16H2,2-4H3;3*1-2H3;1H4/b22-17+;;;;. The molecule has 0 saturated carbocycles. The Morgan fingerprint density at radius 3 is 2.00 bits per heavy atom. The summed E-state index contributed by atoms with van der Waals surface area (Å²) in [5.74, 6) is 2.54. The minimum Gasteiger partial charge on any atom is -0.318 e. The zero-order valence-electron chi connectivity index (χ0n) is 22.0. The third-order valence-corrected chi connectivity index (χ3v) is 4.69. The molecule has 0 atom stereocenters. The van der Waals surface area contributed by atoms with Crippen molar-refractivity contribution in [3.63, 3.8) is 0 Å². The highest BCUT2D eigenvalue weighted by molar-refractivity contribution is 6.04. The second-order valence-electron chi connectivity index (χ2n) is 6.79. The van der Waals surface area contributed by atoms with E-state index in [0.717, 1.165) is 28.2 Å². The molecule has 0 fully saturated rings. The van der Waals surface area contributed by atoms with Crippen molar-refractivity contribution in [3.05, 3.63) is 94.3 Å². The van der Waals surface area contributed by atoms with Gasteiger partial charge in [0.05, 0.1) is 5.57 Å². The van der Waals surface area contributed by atoms with Gasteiger partial charge in [-0.25, -0.2) is 0 Å². The van der Waals surface area contributed by atoms with Gasteiger partial charge in [-0.2, -0.15) is 0 Å². The number of nitrogens with zero attached hydrogens (tertiary/aromatic N) is 1. The maximum Gasteiger partial charge on any atom is 0.175 e. The van der Waals surface area contributed by atoms with Gasteiger partial charge in [-0.1, -0.05) is 97.4 Å². The van der Waals surface area contributed by atoms with Crippen LogP contribution >= 0.6 is 0 Å². The van der Waals surface area contributed by atoms with Crippen molar-refractivity contribution in [1.82, 2.24) is 4.57 Å². The Balaban J connectivity index is 0. The van der Waals surface area contributed by atoms with Gasteiger partial charge in [0.2, 0.25) is 0 Å². The monoisotopic (exact) mass is 459 g/mol. The van der Waals surface area contributed by atoms with Crippen LogP contribution in [0, 0.1) is 33.1 Å². The van der Waals surface area contributed by atoms with E-state index in [1.807, 2.05) is 78.0 Å². The lowest BCUT2D eigenvalue weighted by Gasteiger charge is -2.10. The second-order valence-corrected chi connectivity index (χ2v) is 6.79. The van der Waals surface area contributed by atoms with Crippen LogP contribution in [0.15, 0.2) is 66.2 Å². The molecule has 0 aliphatic heterocycles. The van der Waals surface area contributed by atoms with Crippen LogP contribution in [0.25, 0.3) is 11.8 Å². The summed E-state index contributed by atoms with van der Waals surface area (Å²) in [6, 6.07) is 20.1. The topological polar surface area (TPSA) is 22.0 Å². The number of rotatable bonds is 5. The number of carbonyl (C=O) groups excluding carboxylic acids is 1. The summed E-state index contributed by atoms with van der Waals surface area (Å²) in [4.78, 5) is 12.6. The maximum atomic E-state index is 12.6. The molecule has 0 N–H and O–H groups in total. The summed E-state index contributed by atoms with van der Waals surface area (Å²) in [6.45, 7) is 18.2. The number of terminal acetylenes is 1. The lowest BCUT2D eigenvalue weighted by molar-refractivity contribution is -0.114. The number of carbonyl (C=O) groups is 1. The number of hydrogen-bond acceptors (Lipinski definition) is 1. The second kappa shape index (κ2) is 18.2. The molecule has 184 valence electrons. The van der Waals surface area contributed by atoms with E-state index in [4.69, 9.17) is 6.42 Å². The molecule has 1 aromatic heterocycles. The predicted octanol–water partition coefficient (Wildman–Crippen LogP) is 8.95. The van der Waals surface area contributed by atoms with Crippen molar-refractivity contribution >= 4 is 11.9 Å². The van der Waals surface area contributed by atoms with Gasteiger partial charge in [0.15, 0.2) is 5.78 Å². The first-order valence-corrected chi connectivity index (χ1v) is 12.0. The molecule has 0 unspecified atom stereocenters. The molecule has 0 aliphatic rings. The molecule has 1 heterocycles. The first kappa shape index (κ1) is 32.9. The van der Waals surface area contributed by atoms with Crippen LogP contribution in [0.2, 0.25) is 0 Å². The summed E-state index contributed by atoms with van der Waals surface area (Å²) in [7, 11) is 0. The zero-order valence-corrected chi connectivity index (χ0v) is 22.0. The van der Waals surface area contributed by atoms with E-state index in [0.29, 0.717) is 12.0 Å². The zero-order chi connectivity index (χ0) is 25.4. The van der Waals surface area contributed by atoms with Crippen LogP contribution in [0.4, 0.5) is 0 Å². The van der Waals surface area contributed by atoms with Gasteiger partial charge >= 0.3 is 0 Å². The van der Waals surface area contributed by atoms with E-state index >= 15 is 0 Å². The molecular formula is C32H45NO. The van der Waals surface area contributed by atoms with Crippen molar-refractivity contribution in [2.45, 2.75) is 76.2 Å². The summed E-state index contributed by atoms with van der Waals surface area (Å²) < 4.78 is 2.19. The fourth-order valence-electron chi connectivity index (χ4n) is 3.33. The molecule has 0 amide bonds. The van der Waals surface area contributed by atoms with Crippen molar-refractivity contribution in [2.75, 3.05) is 0 Å². The Labute approximate surface area is 209 Å². The number of allylic oxidation sites excluding steroid dienone is 1. The minimum absolute atomic E-state index is 0. The van der Waals surface area contributed by atoms with Crippen molar-refractivity contribution in [2.24, 2.45) is 0 Å². The number of aryl methyl sites for hydroxylation is 2. The van der Waals surface area contributed by atoms with E-state index in [-0.39, 0.29) is 13.2 Å². The van der Waals surface area contributed by atoms with Crippen molar-refractivity contribution in [3.8, 4) is 18.0 Å². The lowest BCUT2D eigenvalue weighted by Crippen LogP contribution is -2.05. The molecule has 3 rings (SSSR count). The average Bonchev–Trinajstić information content (AvgIpc) is 3.14. The molecule has 3 aromatic rings. The highest BCUT2D eigenvalue weighted by Crippen LogP contribution is 2.23. The van der Waals surface area contributed by atoms with Crippen LogP contribution in [0.1, 0.15) is 77.0 Å². The highest BCUT2D eigenvalue weighted by Gasteiger charge is 2.13. The fraction of sp³-hybridized carbons (Fsp3) is 0.344. The Kier molecular flexibility index (Phi) is 17.5. The molecule has 2 heteroatoms. The van der Waals surface area contributed by atoms with Gasteiger partial charge in [-0.15, -0.1) is 6.42 Å². The Bertz CT molecular complexity index is 1050. The molecule has 2 aromatic carbocycles. The maximum absolute atomic E-state index is 12.6. The number of ketones is 1. The Morgan fingerprint density at radius 1 is 0.882 bits per heavy atom. The summed E-state index contributed by atoms with van der Waals surface area (Å²) in [5, 5.41) is 0. The van der Waals surface area contributed by atoms with Crippen LogP contribution in [0.3, 0.4) is 0 Å². The van der Waals surface area contributed by atoms with Crippen molar-refractivity contribution in [1.29, 1.82) is 0 Å². The van der Waals surface area contributed by atoms with Crippen LogP contribution in [-0.2, 0) is 11.2 Å². The molecular weight excluding hydrogens is 414 g/mol. The molecule has 0 aliphatic carbocycles. The first-order chi connectivity index (χ1) is 16.0. The summed E-state index contributed by atoms with van der Waals surface area (Å²) in [6.07, 6.45) is 7.80. The number of benzene rings is 2. The summed E-state index contributed by atoms with van der Waals surface area (Å²) >= 11 is 0. The third kappa shape index (κ3) is 9.28. The quantitative estimate of drug-likeness (QED) is 0.276. The van der Waals surface area contributed by atoms with E-state index < -0.39 is 0 Å². The summed E-state index contributed by atoms with van der Waals surface area (Å²) in [5.41, 5.74) is 6.84.